The van der Waals surface area contributed by atoms with Gasteiger partial charge >= 0.3 is 6.18 Å². The van der Waals surface area contributed by atoms with E-state index in [2.05, 4.69) is 32.5 Å². The SMILES string of the molecule is C=C(N/C=C\N)NC(=O)c1cccc2nc(NC(=O)c3ccc(Oc4ccc(C(F)(F)F)cc4)cc3)[nH]c12. The maximum absolute atomic E-state index is 12.7. The minimum absolute atomic E-state index is 0.123. The summed E-state index contributed by atoms with van der Waals surface area (Å²) < 4.78 is 43.7. The van der Waals surface area contributed by atoms with Crippen LogP contribution in [0.5, 0.6) is 11.5 Å². The van der Waals surface area contributed by atoms with Crippen LogP contribution in [0.25, 0.3) is 11.0 Å². The van der Waals surface area contributed by atoms with E-state index in [0.717, 1.165) is 12.1 Å². The lowest BCUT2D eigenvalue weighted by Gasteiger charge is -2.09. The second kappa shape index (κ2) is 10.8. The topological polar surface area (TPSA) is 134 Å². The van der Waals surface area contributed by atoms with Crippen LogP contribution in [-0.4, -0.2) is 21.8 Å². The van der Waals surface area contributed by atoms with Crippen LogP contribution in [0, 0.1) is 0 Å². The third kappa shape index (κ3) is 6.10. The molecule has 0 aliphatic heterocycles. The molecule has 0 radical (unpaired) electrons. The molecule has 3 aromatic carbocycles. The number of hydrogen-bond donors (Lipinski definition) is 5. The van der Waals surface area contributed by atoms with Gasteiger partial charge in [0.1, 0.15) is 17.3 Å². The lowest BCUT2D eigenvalue weighted by molar-refractivity contribution is -0.137. The minimum Gasteiger partial charge on any atom is -0.457 e. The number of benzene rings is 3. The first-order chi connectivity index (χ1) is 18.1. The first-order valence-corrected chi connectivity index (χ1v) is 11.0. The molecule has 194 valence electrons. The fourth-order valence-corrected chi connectivity index (χ4v) is 3.37. The van der Waals surface area contributed by atoms with Crippen LogP contribution in [0.15, 0.2) is 91.5 Å². The molecule has 2 amide bonds. The van der Waals surface area contributed by atoms with Gasteiger partial charge in [-0.15, -0.1) is 0 Å². The zero-order valence-electron chi connectivity index (χ0n) is 19.6. The van der Waals surface area contributed by atoms with E-state index in [1.807, 2.05) is 0 Å². The maximum atomic E-state index is 12.7. The zero-order valence-corrected chi connectivity index (χ0v) is 19.6. The summed E-state index contributed by atoms with van der Waals surface area (Å²) in [7, 11) is 0. The molecule has 4 aromatic rings. The van der Waals surface area contributed by atoms with E-state index in [1.54, 1.807) is 18.2 Å². The van der Waals surface area contributed by atoms with Crippen molar-refractivity contribution in [3.05, 3.63) is 108 Å². The zero-order chi connectivity index (χ0) is 27.3. The molecular weight excluding hydrogens is 501 g/mol. The monoisotopic (exact) mass is 522 g/mol. The van der Waals surface area contributed by atoms with Crippen molar-refractivity contribution in [2.45, 2.75) is 6.18 Å². The molecule has 9 nitrogen and oxygen atoms in total. The van der Waals surface area contributed by atoms with Crippen LogP contribution in [0.4, 0.5) is 19.1 Å². The number of anilines is 1. The number of hydrogen-bond acceptors (Lipinski definition) is 6. The largest absolute Gasteiger partial charge is 0.457 e. The second-order valence-electron chi connectivity index (χ2n) is 7.82. The maximum Gasteiger partial charge on any atom is 0.416 e. The highest BCUT2D eigenvalue weighted by Gasteiger charge is 2.30. The van der Waals surface area contributed by atoms with Crippen LogP contribution in [-0.2, 0) is 6.18 Å². The highest BCUT2D eigenvalue weighted by molar-refractivity contribution is 6.07. The lowest BCUT2D eigenvalue weighted by atomic mass is 10.1. The molecule has 4 rings (SSSR count). The number of amides is 2. The number of alkyl halides is 3. The molecule has 0 unspecified atom stereocenters. The van der Waals surface area contributed by atoms with E-state index in [-0.39, 0.29) is 28.6 Å². The Balaban J connectivity index is 1.42. The van der Waals surface area contributed by atoms with Gasteiger partial charge in [-0.3, -0.25) is 14.9 Å². The van der Waals surface area contributed by atoms with Gasteiger partial charge in [0, 0.05) is 18.0 Å². The van der Waals surface area contributed by atoms with Crippen molar-refractivity contribution < 1.29 is 27.5 Å². The van der Waals surface area contributed by atoms with E-state index in [1.165, 1.54) is 48.8 Å². The molecule has 6 N–H and O–H groups in total. The smallest absolute Gasteiger partial charge is 0.416 e. The molecule has 0 bridgehead atoms. The van der Waals surface area contributed by atoms with Crippen LogP contribution in [0.2, 0.25) is 0 Å². The molecule has 0 saturated carbocycles. The molecule has 0 atom stereocenters. The highest BCUT2D eigenvalue weighted by Crippen LogP contribution is 2.31. The molecule has 0 spiro atoms. The van der Waals surface area contributed by atoms with Crippen molar-refractivity contribution in [3.63, 3.8) is 0 Å². The summed E-state index contributed by atoms with van der Waals surface area (Å²) in [6, 6.07) is 15.2. The summed E-state index contributed by atoms with van der Waals surface area (Å²) in [5.74, 6) is -0.0527. The van der Waals surface area contributed by atoms with Gasteiger partial charge in [0.2, 0.25) is 5.95 Å². The highest BCUT2D eigenvalue weighted by atomic mass is 19.4. The molecule has 1 aromatic heterocycles. The number of halogens is 3. The van der Waals surface area contributed by atoms with Crippen molar-refractivity contribution in [1.29, 1.82) is 0 Å². The quantitative estimate of drug-likeness (QED) is 0.225. The van der Waals surface area contributed by atoms with Gasteiger partial charge in [-0.25, -0.2) is 4.98 Å². The van der Waals surface area contributed by atoms with Crippen molar-refractivity contribution in [2.24, 2.45) is 5.73 Å². The third-order valence-corrected chi connectivity index (χ3v) is 5.15. The van der Waals surface area contributed by atoms with Crippen LogP contribution in [0.1, 0.15) is 26.3 Å². The summed E-state index contributed by atoms with van der Waals surface area (Å²) in [4.78, 5) is 32.6. The summed E-state index contributed by atoms with van der Waals surface area (Å²) >= 11 is 0. The van der Waals surface area contributed by atoms with Gasteiger partial charge in [0.25, 0.3) is 11.8 Å². The molecule has 0 aliphatic rings. The van der Waals surface area contributed by atoms with Crippen molar-refractivity contribution in [2.75, 3.05) is 5.32 Å². The first kappa shape index (κ1) is 25.8. The Morgan fingerprint density at radius 3 is 2.26 bits per heavy atom. The number of para-hydroxylation sites is 1. The fourth-order valence-electron chi connectivity index (χ4n) is 3.37. The number of aromatic amines is 1. The Labute approximate surface area is 214 Å². The van der Waals surface area contributed by atoms with Crippen molar-refractivity contribution in [1.82, 2.24) is 20.6 Å². The Bertz CT molecular complexity index is 1510. The molecule has 12 heteroatoms. The number of rotatable bonds is 8. The molecule has 38 heavy (non-hydrogen) atoms. The lowest BCUT2D eigenvalue weighted by Crippen LogP contribution is -2.28. The second-order valence-corrected chi connectivity index (χ2v) is 7.82. The number of nitrogens with one attached hydrogen (secondary N) is 4. The normalized spacial score (nSPS) is 11.3. The summed E-state index contributed by atoms with van der Waals surface area (Å²) in [5.41, 5.74) is 5.88. The number of ether oxygens (including phenoxy) is 1. The Kier molecular flexibility index (Phi) is 7.33. The number of imidazole rings is 1. The Hall–Kier alpha value is -5.26. The van der Waals surface area contributed by atoms with Crippen LogP contribution < -0.4 is 26.4 Å². The average Bonchev–Trinajstić information content (AvgIpc) is 3.30. The van der Waals surface area contributed by atoms with Crippen LogP contribution in [0.3, 0.4) is 0 Å². The molecule has 0 fully saturated rings. The number of nitrogens with two attached hydrogens (primary N) is 1. The summed E-state index contributed by atoms with van der Waals surface area (Å²) in [6.07, 6.45) is -1.78. The molecule has 0 aliphatic carbocycles. The predicted molar refractivity (Wildman–Crippen MR) is 135 cm³/mol. The number of fused-ring (bicyclic) bond motifs is 1. The molecular formula is C26H21F3N6O3. The van der Waals surface area contributed by atoms with E-state index in [4.69, 9.17) is 10.5 Å². The van der Waals surface area contributed by atoms with Gasteiger partial charge in [-0.1, -0.05) is 12.6 Å². The molecule has 0 saturated heterocycles. The van der Waals surface area contributed by atoms with Gasteiger partial charge in [0.15, 0.2) is 0 Å². The minimum atomic E-state index is -4.43. The van der Waals surface area contributed by atoms with Gasteiger partial charge < -0.3 is 26.1 Å². The van der Waals surface area contributed by atoms with E-state index in [0.29, 0.717) is 16.8 Å². The average molecular weight is 522 g/mol. The van der Waals surface area contributed by atoms with E-state index >= 15 is 0 Å². The number of carbonyl (C=O) groups excluding carboxylic acids is 2. The third-order valence-electron chi connectivity index (χ3n) is 5.15. The number of aromatic nitrogens is 2. The Morgan fingerprint density at radius 1 is 0.974 bits per heavy atom. The number of nitrogens with zero attached hydrogens (tertiary/aromatic N) is 1. The van der Waals surface area contributed by atoms with E-state index < -0.39 is 23.6 Å². The summed E-state index contributed by atoms with van der Waals surface area (Å²) in [6.45, 7) is 3.68. The Morgan fingerprint density at radius 2 is 1.63 bits per heavy atom. The van der Waals surface area contributed by atoms with Gasteiger partial charge in [-0.05, 0) is 60.7 Å². The fraction of sp³-hybridized carbons (Fsp3) is 0.0385. The van der Waals surface area contributed by atoms with Crippen molar-refractivity contribution >= 4 is 28.8 Å². The van der Waals surface area contributed by atoms with Gasteiger partial charge in [0.05, 0.1) is 22.2 Å². The van der Waals surface area contributed by atoms with Crippen molar-refractivity contribution in [3.8, 4) is 11.5 Å². The molecule has 1 heterocycles. The van der Waals surface area contributed by atoms with Gasteiger partial charge in [-0.2, -0.15) is 13.2 Å². The number of H-pyrrole nitrogens is 1. The summed E-state index contributed by atoms with van der Waals surface area (Å²) in [5, 5.41) is 7.91. The number of carbonyl (C=O) groups is 2. The predicted octanol–water partition coefficient (Wildman–Crippen LogP) is 4.85. The first-order valence-electron chi connectivity index (χ1n) is 11.0. The van der Waals surface area contributed by atoms with E-state index in [9.17, 15) is 22.8 Å². The standard InChI is InChI=1S/C26H21F3N6O3/c1-15(31-14-13-30)32-24(37)20-3-2-4-21-22(20)34-25(33-21)35-23(36)16-5-9-18(10-6-16)38-19-11-7-17(8-12-19)26(27,28)29/h2-14,31H,1,30H2,(H,32,37)(H2,33,34,35,36)/b14-13-. The van der Waals surface area contributed by atoms with Crippen LogP contribution >= 0.6 is 0 Å².